The molecule has 0 bridgehead atoms. The molecule has 0 aliphatic heterocycles. The smallest absolute Gasteiger partial charge is 0.319 e. The molecule has 32 heavy (non-hydrogen) atoms. The highest BCUT2D eigenvalue weighted by molar-refractivity contribution is 5.89. The minimum absolute atomic E-state index is 0.167. The summed E-state index contributed by atoms with van der Waals surface area (Å²) in [6.45, 7) is 0. The molecule has 0 unspecified atom stereocenters. The first kappa shape index (κ1) is 21.3. The molecule has 1 saturated carbocycles. The maximum atomic E-state index is 12.3. The predicted molar refractivity (Wildman–Crippen MR) is 122 cm³/mol. The van der Waals surface area contributed by atoms with Crippen molar-refractivity contribution < 1.29 is 9.53 Å². The highest BCUT2D eigenvalue weighted by Gasteiger charge is 2.17. The molecule has 1 aromatic heterocycles. The molecule has 1 heterocycles. The van der Waals surface area contributed by atoms with E-state index in [9.17, 15) is 10.1 Å². The quantitative estimate of drug-likeness (QED) is 0.595. The number of hydrogen-bond acceptors (Lipinski definition) is 5. The van der Waals surface area contributed by atoms with Gasteiger partial charge in [0.15, 0.2) is 0 Å². The number of rotatable bonds is 6. The monoisotopic (exact) mass is 427 g/mol. The van der Waals surface area contributed by atoms with Crippen LogP contribution in [0.2, 0.25) is 0 Å². The number of urea groups is 1. The van der Waals surface area contributed by atoms with Crippen molar-refractivity contribution in [2.45, 2.75) is 38.1 Å². The number of carbonyl (C=O) groups is 1. The number of amides is 2. The first-order chi connectivity index (χ1) is 15.6. The Labute approximate surface area is 187 Å². The van der Waals surface area contributed by atoms with E-state index in [1.165, 1.54) is 12.8 Å². The topological polar surface area (TPSA) is 99.9 Å². The molecule has 0 atom stereocenters. The summed E-state index contributed by atoms with van der Waals surface area (Å²) in [7, 11) is 1.54. The van der Waals surface area contributed by atoms with Crippen molar-refractivity contribution in [3.05, 3.63) is 71.7 Å². The van der Waals surface area contributed by atoms with Gasteiger partial charge in [-0.05, 0) is 54.8 Å². The summed E-state index contributed by atoms with van der Waals surface area (Å²) in [4.78, 5) is 21.3. The van der Waals surface area contributed by atoms with Crippen LogP contribution >= 0.6 is 0 Å². The molecular weight excluding hydrogens is 402 g/mol. The van der Waals surface area contributed by atoms with Crippen LogP contribution < -0.4 is 15.4 Å². The average Bonchev–Trinajstić information content (AvgIpc) is 3.32. The van der Waals surface area contributed by atoms with Gasteiger partial charge in [-0.25, -0.2) is 14.8 Å². The molecule has 2 aromatic carbocycles. The van der Waals surface area contributed by atoms with Crippen LogP contribution in [0.25, 0.3) is 11.3 Å². The lowest BCUT2D eigenvalue weighted by molar-refractivity contribution is 0.248. The van der Waals surface area contributed by atoms with Gasteiger partial charge in [-0.3, -0.25) is 0 Å². The minimum Gasteiger partial charge on any atom is -0.495 e. The summed E-state index contributed by atoms with van der Waals surface area (Å²) in [6.07, 6.45) is 6.68. The Kier molecular flexibility index (Phi) is 6.61. The molecule has 0 saturated heterocycles. The van der Waals surface area contributed by atoms with Crippen molar-refractivity contribution in [1.29, 1.82) is 5.26 Å². The molecule has 2 amide bonds. The molecule has 2 N–H and O–H groups in total. The number of nitrogens with one attached hydrogen (secondary N) is 2. The van der Waals surface area contributed by atoms with Crippen LogP contribution in [0.3, 0.4) is 0 Å². The number of methoxy groups -OCH3 is 1. The molecule has 0 radical (unpaired) electrons. The summed E-state index contributed by atoms with van der Waals surface area (Å²) in [5.74, 6) is 1.19. The van der Waals surface area contributed by atoms with Crippen LogP contribution in [0.1, 0.15) is 42.6 Å². The van der Waals surface area contributed by atoms with Gasteiger partial charge < -0.3 is 15.4 Å². The van der Waals surface area contributed by atoms with Crippen molar-refractivity contribution in [1.82, 2.24) is 15.3 Å². The van der Waals surface area contributed by atoms with E-state index in [1.807, 2.05) is 36.4 Å². The second-order valence-corrected chi connectivity index (χ2v) is 7.84. The third-order valence-corrected chi connectivity index (χ3v) is 5.56. The van der Waals surface area contributed by atoms with Crippen LogP contribution in [0, 0.1) is 11.3 Å². The molecule has 1 aliphatic rings. The van der Waals surface area contributed by atoms with Crippen molar-refractivity contribution in [2.75, 3.05) is 12.4 Å². The van der Waals surface area contributed by atoms with Gasteiger partial charge in [0.1, 0.15) is 17.6 Å². The van der Waals surface area contributed by atoms with E-state index in [0.717, 1.165) is 35.3 Å². The van der Waals surface area contributed by atoms with E-state index in [-0.39, 0.29) is 12.1 Å². The average molecular weight is 428 g/mol. The zero-order valence-corrected chi connectivity index (χ0v) is 18.0. The summed E-state index contributed by atoms with van der Waals surface area (Å²) in [6, 6.07) is 17.2. The van der Waals surface area contributed by atoms with Crippen LogP contribution in [-0.4, -0.2) is 29.2 Å². The molecule has 1 fully saturated rings. The van der Waals surface area contributed by atoms with Crippen LogP contribution in [-0.2, 0) is 6.42 Å². The number of nitriles is 1. The fourth-order valence-electron chi connectivity index (χ4n) is 3.96. The zero-order valence-electron chi connectivity index (χ0n) is 18.0. The Morgan fingerprint density at radius 3 is 2.81 bits per heavy atom. The van der Waals surface area contributed by atoms with E-state index in [4.69, 9.17) is 4.74 Å². The fraction of sp³-hybridized carbons (Fsp3) is 0.280. The Morgan fingerprint density at radius 1 is 1.19 bits per heavy atom. The lowest BCUT2D eigenvalue weighted by Gasteiger charge is -2.13. The molecule has 3 aromatic rings. The van der Waals surface area contributed by atoms with Crippen molar-refractivity contribution >= 4 is 11.7 Å². The molecular formula is C25H25N5O2. The second kappa shape index (κ2) is 9.92. The van der Waals surface area contributed by atoms with E-state index >= 15 is 0 Å². The fourth-order valence-corrected chi connectivity index (χ4v) is 3.96. The summed E-state index contributed by atoms with van der Waals surface area (Å²) in [5.41, 5.74) is 3.75. The number of carbonyl (C=O) groups excluding carboxylic acids is 1. The SMILES string of the molecule is COc1ccc(-c2ccnc(Cc3cccc(NC(=O)NC4CCCC4)c3)n2)cc1C#N. The molecule has 4 rings (SSSR count). The molecule has 1 aliphatic carbocycles. The van der Waals surface area contributed by atoms with Gasteiger partial charge in [-0.15, -0.1) is 0 Å². The second-order valence-electron chi connectivity index (χ2n) is 7.84. The van der Waals surface area contributed by atoms with Gasteiger partial charge in [0, 0.05) is 29.9 Å². The lowest BCUT2D eigenvalue weighted by Crippen LogP contribution is -2.36. The Balaban J connectivity index is 1.46. The van der Waals surface area contributed by atoms with Gasteiger partial charge in [-0.1, -0.05) is 25.0 Å². The predicted octanol–water partition coefficient (Wildman–Crippen LogP) is 4.68. The van der Waals surface area contributed by atoms with E-state index in [2.05, 4.69) is 26.7 Å². The van der Waals surface area contributed by atoms with Crippen LogP contribution in [0.15, 0.2) is 54.7 Å². The molecule has 0 spiro atoms. The number of anilines is 1. The lowest BCUT2D eigenvalue weighted by atomic mass is 10.1. The van der Waals surface area contributed by atoms with E-state index < -0.39 is 0 Å². The normalized spacial score (nSPS) is 13.4. The summed E-state index contributed by atoms with van der Waals surface area (Å²) in [5, 5.41) is 15.3. The minimum atomic E-state index is -0.167. The van der Waals surface area contributed by atoms with E-state index in [1.54, 1.807) is 25.4 Å². The third kappa shape index (κ3) is 5.22. The standard InChI is InChI=1S/C25H25N5O2/c1-32-23-10-9-18(15-19(23)16-26)22-11-12-27-24(30-22)14-17-5-4-8-21(13-17)29-25(31)28-20-6-2-3-7-20/h4-5,8-13,15,20H,2-3,6-7,14H2,1H3,(H2,28,29,31). The summed E-state index contributed by atoms with van der Waals surface area (Å²) >= 11 is 0. The van der Waals surface area contributed by atoms with Crippen LogP contribution in [0.5, 0.6) is 5.75 Å². The maximum Gasteiger partial charge on any atom is 0.319 e. The van der Waals surface area contributed by atoms with Gasteiger partial charge in [0.25, 0.3) is 0 Å². The van der Waals surface area contributed by atoms with Gasteiger partial charge in [0.05, 0.1) is 18.4 Å². The number of benzene rings is 2. The van der Waals surface area contributed by atoms with Gasteiger partial charge >= 0.3 is 6.03 Å². The van der Waals surface area contributed by atoms with Crippen molar-refractivity contribution in [3.63, 3.8) is 0 Å². The Hall–Kier alpha value is -3.92. The van der Waals surface area contributed by atoms with Crippen LogP contribution in [0.4, 0.5) is 10.5 Å². The maximum absolute atomic E-state index is 12.3. The number of hydrogen-bond donors (Lipinski definition) is 2. The number of ether oxygens (including phenoxy) is 1. The zero-order chi connectivity index (χ0) is 22.3. The number of nitrogens with zero attached hydrogens (tertiary/aromatic N) is 3. The van der Waals surface area contributed by atoms with E-state index in [0.29, 0.717) is 23.6 Å². The summed E-state index contributed by atoms with van der Waals surface area (Å²) < 4.78 is 5.22. The van der Waals surface area contributed by atoms with Crippen molar-refractivity contribution in [2.24, 2.45) is 0 Å². The van der Waals surface area contributed by atoms with Gasteiger partial charge in [0.2, 0.25) is 0 Å². The van der Waals surface area contributed by atoms with Crippen molar-refractivity contribution in [3.8, 4) is 23.1 Å². The number of aromatic nitrogens is 2. The first-order valence-corrected chi connectivity index (χ1v) is 10.7. The first-order valence-electron chi connectivity index (χ1n) is 10.7. The molecule has 7 nitrogen and oxygen atoms in total. The highest BCUT2D eigenvalue weighted by atomic mass is 16.5. The largest absolute Gasteiger partial charge is 0.495 e. The molecule has 162 valence electrons. The Bertz CT molecular complexity index is 1150. The molecule has 7 heteroatoms. The van der Waals surface area contributed by atoms with Gasteiger partial charge in [-0.2, -0.15) is 5.26 Å². The Morgan fingerprint density at radius 2 is 2.03 bits per heavy atom. The highest BCUT2D eigenvalue weighted by Crippen LogP contribution is 2.25. The third-order valence-electron chi connectivity index (χ3n) is 5.56.